The lowest BCUT2D eigenvalue weighted by Crippen LogP contribution is -2.31. The normalized spacial score (nSPS) is 12.1. The van der Waals surface area contributed by atoms with Crippen molar-refractivity contribution in [2.75, 3.05) is 6.54 Å². The number of amides is 2. The Bertz CT molecular complexity index is 184. The van der Waals surface area contributed by atoms with E-state index in [1.54, 1.807) is 0 Å². The number of primary amides is 1. The molecule has 1 atom stereocenters. The van der Waals surface area contributed by atoms with Gasteiger partial charge in [-0.05, 0) is 12.8 Å². The molecule has 0 fully saturated rings. The average Bonchev–Trinajstić information content (AvgIpc) is 1.96. The van der Waals surface area contributed by atoms with Crippen molar-refractivity contribution in [1.82, 2.24) is 5.32 Å². The second-order valence-corrected chi connectivity index (χ2v) is 2.79. The summed E-state index contributed by atoms with van der Waals surface area (Å²) in [5.74, 6) is -0.907. The van der Waals surface area contributed by atoms with Crippen molar-refractivity contribution < 1.29 is 14.7 Å². The molecule has 0 aromatic rings. The van der Waals surface area contributed by atoms with Gasteiger partial charge in [0.05, 0.1) is 6.42 Å². The number of carbonyl (C=O) groups is 2. The van der Waals surface area contributed by atoms with E-state index < -0.39 is 12.0 Å². The van der Waals surface area contributed by atoms with Gasteiger partial charge in [-0.2, -0.15) is 0 Å². The number of rotatable bonds is 6. The van der Waals surface area contributed by atoms with Crippen LogP contribution in [0.15, 0.2) is 0 Å². The Morgan fingerprint density at radius 2 is 2.08 bits per heavy atom. The summed E-state index contributed by atoms with van der Waals surface area (Å²) >= 11 is 0. The highest BCUT2D eigenvalue weighted by Crippen LogP contribution is 1.97. The third-order valence-electron chi connectivity index (χ3n) is 1.49. The quantitative estimate of drug-likeness (QED) is 0.410. The van der Waals surface area contributed by atoms with Crippen molar-refractivity contribution in [2.24, 2.45) is 11.5 Å². The smallest absolute Gasteiger partial charge is 0.312 e. The van der Waals surface area contributed by atoms with Gasteiger partial charge in [-0.25, -0.2) is 4.79 Å². The predicted octanol–water partition coefficient (Wildman–Crippen LogP) is -0.763. The molecule has 0 rings (SSSR count). The first kappa shape index (κ1) is 11.7. The largest absolute Gasteiger partial charge is 0.481 e. The zero-order chi connectivity index (χ0) is 10.3. The second kappa shape index (κ2) is 6.24. The van der Waals surface area contributed by atoms with Gasteiger partial charge in [0, 0.05) is 12.6 Å². The first-order chi connectivity index (χ1) is 6.02. The van der Waals surface area contributed by atoms with E-state index in [4.69, 9.17) is 16.6 Å². The molecule has 76 valence electrons. The van der Waals surface area contributed by atoms with Gasteiger partial charge in [-0.1, -0.05) is 0 Å². The van der Waals surface area contributed by atoms with Crippen molar-refractivity contribution >= 4 is 12.0 Å². The number of hydrogen-bond acceptors (Lipinski definition) is 3. The van der Waals surface area contributed by atoms with Gasteiger partial charge in [0.15, 0.2) is 0 Å². The van der Waals surface area contributed by atoms with Gasteiger partial charge in [0.2, 0.25) is 0 Å². The van der Waals surface area contributed by atoms with Crippen molar-refractivity contribution in [3.63, 3.8) is 0 Å². The molecule has 1 unspecified atom stereocenters. The van der Waals surface area contributed by atoms with Crippen LogP contribution in [0.4, 0.5) is 4.79 Å². The predicted molar refractivity (Wildman–Crippen MR) is 47.0 cm³/mol. The molecule has 0 saturated carbocycles. The Balaban J connectivity index is 3.31. The van der Waals surface area contributed by atoms with E-state index in [-0.39, 0.29) is 12.5 Å². The number of nitrogens with one attached hydrogen (secondary N) is 1. The minimum Gasteiger partial charge on any atom is -0.481 e. The zero-order valence-electron chi connectivity index (χ0n) is 7.32. The molecule has 0 aliphatic rings. The fourth-order valence-corrected chi connectivity index (χ4v) is 0.902. The molecule has 0 heterocycles. The van der Waals surface area contributed by atoms with Gasteiger partial charge in [-0.15, -0.1) is 0 Å². The Labute approximate surface area is 76.3 Å². The number of aliphatic carboxylic acids is 1. The lowest BCUT2D eigenvalue weighted by molar-refractivity contribution is -0.137. The van der Waals surface area contributed by atoms with Crippen molar-refractivity contribution in [2.45, 2.75) is 25.3 Å². The van der Waals surface area contributed by atoms with Crippen LogP contribution in [0.2, 0.25) is 0 Å². The van der Waals surface area contributed by atoms with Crippen LogP contribution in [-0.4, -0.2) is 29.7 Å². The maximum atomic E-state index is 10.2. The second-order valence-electron chi connectivity index (χ2n) is 2.79. The summed E-state index contributed by atoms with van der Waals surface area (Å²) in [6.45, 7) is 0.433. The standard InChI is InChI=1S/C7H15N3O3/c8-5(4-6(11)12)2-1-3-10-7(9)13/h5H,1-4,8H2,(H,11,12)(H3,9,10,13). The number of carbonyl (C=O) groups excluding carboxylic acids is 1. The van der Waals surface area contributed by atoms with E-state index in [0.717, 1.165) is 0 Å². The molecule has 6 N–H and O–H groups in total. The molecule has 0 spiro atoms. The van der Waals surface area contributed by atoms with Crippen LogP contribution in [-0.2, 0) is 4.79 Å². The molecule has 13 heavy (non-hydrogen) atoms. The van der Waals surface area contributed by atoms with Crippen LogP contribution in [0.5, 0.6) is 0 Å². The van der Waals surface area contributed by atoms with Crippen LogP contribution < -0.4 is 16.8 Å². The average molecular weight is 189 g/mol. The first-order valence-electron chi connectivity index (χ1n) is 4.03. The molecule has 6 nitrogen and oxygen atoms in total. The minimum absolute atomic E-state index is 0.0451. The summed E-state index contributed by atoms with van der Waals surface area (Å²) in [6.07, 6.45) is 1.15. The van der Waals surface area contributed by atoms with Crippen LogP contribution in [0.3, 0.4) is 0 Å². The van der Waals surface area contributed by atoms with Gasteiger partial charge in [0.1, 0.15) is 0 Å². The lowest BCUT2D eigenvalue weighted by atomic mass is 10.1. The van der Waals surface area contributed by atoms with Gasteiger partial charge >= 0.3 is 12.0 Å². The van der Waals surface area contributed by atoms with Crippen LogP contribution in [0.1, 0.15) is 19.3 Å². The number of urea groups is 1. The number of carboxylic acid groups (broad SMARTS) is 1. The molecule has 0 radical (unpaired) electrons. The maximum absolute atomic E-state index is 10.2. The van der Waals surface area contributed by atoms with E-state index in [1.807, 2.05) is 0 Å². The lowest BCUT2D eigenvalue weighted by Gasteiger charge is -2.07. The third kappa shape index (κ3) is 8.61. The Morgan fingerprint density at radius 1 is 1.46 bits per heavy atom. The van der Waals surface area contributed by atoms with Gasteiger partial charge in [0.25, 0.3) is 0 Å². The molecule has 0 aliphatic carbocycles. The fraction of sp³-hybridized carbons (Fsp3) is 0.714. The number of nitrogens with two attached hydrogens (primary N) is 2. The molecule has 0 bridgehead atoms. The monoisotopic (exact) mass is 189 g/mol. The van der Waals surface area contributed by atoms with E-state index in [2.05, 4.69) is 5.32 Å². The van der Waals surface area contributed by atoms with Crippen molar-refractivity contribution in [3.8, 4) is 0 Å². The molecule has 2 amide bonds. The summed E-state index contributed by atoms with van der Waals surface area (Å²) in [5, 5.41) is 10.7. The van der Waals surface area contributed by atoms with E-state index in [1.165, 1.54) is 0 Å². The highest BCUT2D eigenvalue weighted by atomic mass is 16.4. The maximum Gasteiger partial charge on any atom is 0.312 e. The first-order valence-corrected chi connectivity index (χ1v) is 4.03. The molecule has 6 heteroatoms. The van der Waals surface area contributed by atoms with E-state index in [9.17, 15) is 9.59 Å². The molecule has 0 aromatic heterocycles. The van der Waals surface area contributed by atoms with Gasteiger partial charge < -0.3 is 21.9 Å². The Kier molecular flexibility index (Phi) is 5.62. The fourth-order valence-electron chi connectivity index (χ4n) is 0.902. The molecule has 0 aromatic carbocycles. The van der Waals surface area contributed by atoms with Crippen LogP contribution >= 0.6 is 0 Å². The summed E-state index contributed by atoms with van der Waals surface area (Å²) < 4.78 is 0. The number of hydrogen-bond donors (Lipinski definition) is 4. The van der Waals surface area contributed by atoms with Gasteiger partial charge in [-0.3, -0.25) is 4.79 Å². The SMILES string of the molecule is NC(=O)NCCCC(N)CC(=O)O. The van der Waals surface area contributed by atoms with E-state index >= 15 is 0 Å². The van der Waals surface area contributed by atoms with Crippen molar-refractivity contribution in [3.05, 3.63) is 0 Å². The minimum atomic E-state index is -0.907. The zero-order valence-corrected chi connectivity index (χ0v) is 7.32. The number of carboxylic acids is 1. The summed E-state index contributed by atoms with van der Waals surface area (Å²) in [4.78, 5) is 20.4. The molecule has 0 saturated heterocycles. The molecule has 0 aliphatic heterocycles. The topological polar surface area (TPSA) is 118 Å². The van der Waals surface area contributed by atoms with Crippen LogP contribution in [0.25, 0.3) is 0 Å². The highest BCUT2D eigenvalue weighted by Gasteiger charge is 2.06. The summed E-state index contributed by atoms with van der Waals surface area (Å²) in [7, 11) is 0. The van der Waals surface area contributed by atoms with Crippen molar-refractivity contribution in [1.29, 1.82) is 0 Å². The summed E-state index contributed by atoms with van der Waals surface area (Å²) in [6, 6.07) is -0.931. The Hall–Kier alpha value is -1.30. The molecular weight excluding hydrogens is 174 g/mol. The third-order valence-corrected chi connectivity index (χ3v) is 1.49. The van der Waals surface area contributed by atoms with E-state index in [0.29, 0.717) is 19.4 Å². The molecular formula is C7H15N3O3. The van der Waals surface area contributed by atoms with Crippen LogP contribution in [0, 0.1) is 0 Å². The highest BCUT2D eigenvalue weighted by molar-refractivity contribution is 5.71. The summed E-state index contributed by atoms with van der Waals surface area (Å²) in [5.41, 5.74) is 10.3. The Morgan fingerprint density at radius 3 is 2.54 bits per heavy atom.